The molecule has 0 saturated carbocycles. The van der Waals surface area contributed by atoms with Crippen LogP contribution in [0.2, 0.25) is 0 Å². The lowest BCUT2D eigenvalue weighted by Gasteiger charge is -2.31. The second kappa shape index (κ2) is 10.2. The highest BCUT2D eigenvalue weighted by atomic mass is 32.2. The van der Waals surface area contributed by atoms with Crippen molar-refractivity contribution in [3.63, 3.8) is 0 Å². The standard InChI is InChI=1S/C26H28N2O4S/c1-32-25-13-12-23(19-24(25)27-26(29)22-10-6-3-7-11-22)33(30,31)28-16-14-21(15-17-28)18-20-8-4-2-5-9-20/h2-13,19,21H,14-18H2,1H3,(H,27,29). The van der Waals surface area contributed by atoms with Gasteiger partial charge in [0.15, 0.2) is 0 Å². The fourth-order valence-electron chi connectivity index (χ4n) is 4.18. The number of carbonyl (C=O) groups excluding carboxylic acids is 1. The molecule has 0 atom stereocenters. The van der Waals surface area contributed by atoms with E-state index in [9.17, 15) is 13.2 Å². The number of methoxy groups -OCH3 is 1. The maximum absolute atomic E-state index is 13.3. The van der Waals surface area contributed by atoms with Gasteiger partial charge in [-0.2, -0.15) is 4.31 Å². The number of ether oxygens (including phenoxy) is 1. The highest BCUT2D eigenvalue weighted by molar-refractivity contribution is 7.89. The predicted molar refractivity (Wildman–Crippen MR) is 129 cm³/mol. The molecule has 1 aliphatic heterocycles. The summed E-state index contributed by atoms with van der Waals surface area (Å²) in [5.41, 5.74) is 2.09. The predicted octanol–water partition coefficient (Wildman–Crippen LogP) is 4.59. The van der Waals surface area contributed by atoms with Crippen molar-refractivity contribution in [3.8, 4) is 5.75 Å². The smallest absolute Gasteiger partial charge is 0.255 e. The van der Waals surface area contributed by atoms with Crippen LogP contribution < -0.4 is 10.1 Å². The second-order valence-corrected chi connectivity index (χ2v) is 10.2. The van der Waals surface area contributed by atoms with Crippen molar-refractivity contribution in [1.82, 2.24) is 4.31 Å². The number of hydrogen-bond acceptors (Lipinski definition) is 4. The number of hydrogen-bond donors (Lipinski definition) is 1. The van der Waals surface area contributed by atoms with Crippen molar-refractivity contribution in [1.29, 1.82) is 0 Å². The van der Waals surface area contributed by atoms with Crippen molar-refractivity contribution in [2.24, 2.45) is 5.92 Å². The molecule has 0 bridgehead atoms. The average Bonchev–Trinajstić information content (AvgIpc) is 2.85. The molecule has 0 radical (unpaired) electrons. The van der Waals surface area contributed by atoms with Crippen LogP contribution in [0.25, 0.3) is 0 Å². The Morgan fingerprint density at radius 2 is 1.61 bits per heavy atom. The number of sulfonamides is 1. The summed E-state index contributed by atoms with van der Waals surface area (Å²) in [7, 11) is -2.19. The van der Waals surface area contributed by atoms with Gasteiger partial charge in [-0.25, -0.2) is 8.42 Å². The second-order valence-electron chi connectivity index (χ2n) is 8.22. The third-order valence-electron chi connectivity index (χ3n) is 6.03. The molecule has 0 unspecified atom stereocenters. The molecule has 0 spiro atoms. The zero-order valence-corrected chi connectivity index (χ0v) is 19.4. The number of carbonyl (C=O) groups is 1. The van der Waals surface area contributed by atoms with Crippen LogP contribution >= 0.6 is 0 Å². The maximum Gasteiger partial charge on any atom is 0.255 e. The van der Waals surface area contributed by atoms with E-state index in [4.69, 9.17) is 4.74 Å². The normalized spacial score (nSPS) is 15.2. The first-order valence-corrected chi connectivity index (χ1v) is 12.5. The van der Waals surface area contributed by atoms with Gasteiger partial charge in [-0.1, -0.05) is 48.5 Å². The van der Waals surface area contributed by atoms with Crippen molar-refractivity contribution in [2.45, 2.75) is 24.2 Å². The van der Waals surface area contributed by atoms with E-state index < -0.39 is 10.0 Å². The van der Waals surface area contributed by atoms with Crippen molar-refractivity contribution >= 4 is 21.6 Å². The topological polar surface area (TPSA) is 75.7 Å². The number of nitrogens with zero attached hydrogens (tertiary/aromatic N) is 1. The first-order chi connectivity index (χ1) is 16.0. The van der Waals surface area contributed by atoms with Crippen LogP contribution in [-0.4, -0.2) is 38.8 Å². The largest absolute Gasteiger partial charge is 0.495 e. The number of rotatable bonds is 7. The number of anilines is 1. The minimum absolute atomic E-state index is 0.146. The van der Waals surface area contributed by atoms with E-state index in [1.54, 1.807) is 34.6 Å². The third-order valence-corrected chi connectivity index (χ3v) is 7.93. The summed E-state index contributed by atoms with van der Waals surface area (Å²) in [6.45, 7) is 0.967. The Hall–Kier alpha value is -3.16. The Morgan fingerprint density at radius 3 is 2.24 bits per heavy atom. The van der Waals surface area contributed by atoms with Crippen LogP contribution in [0.4, 0.5) is 5.69 Å². The van der Waals surface area contributed by atoms with Gasteiger partial charge in [0, 0.05) is 18.7 Å². The molecule has 1 amide bonds. The summed E-state index contributed by atoms with van der Waals surface area (Å²) in [5.74, 6) is 0.542. The fourth-order valence-corrected chi connectivity index (χ4v) is 5.68. The van der Waals surface area contributed by atoms with E-state index >= 15 is 0 Å². The van der Waals surface area contributed by atoms with Gasteiger partial charge in [-0.05, 0) is 61.1 Å². The molecule has 1 heterocycles. The van der Waals surface area contributed by atoms with E-state index in [-0.39, 0.29) is 10.8 Å². The number of benzene rings is 3. The van der Waals surface area contributed by atoms with Crippen LogP contribution in [0.1, 0.15) is 28.8 Å². The first kappa shape index (κ1) is 23.0. The van der Waals surface area contributed by atoms with Crippen LogP contribution in [0.15, 0.2) is 83.8 Å². The molecule has 1 saturated heterocycles. The van der Waals surface area contributed by atoms with Crippen molar-refractivity contribution in [3.05, 3.63) is 90.0 Å². The van der Waals surface area contributed by atoms with Gasteiger partial charge in [0.25, 0.3) is 5.91 Å². The van der Waals surface area contributed by atoms with E-state index in [0.29, 0.717) is 36.0 Å². The number of nitrogens with one attached hydrogen (secondary N) is 1. The molecule has 1 N–H and O–H groups in total. The molecule has 6 nitrogen and oxygen atoms in total. The molecule has 7 heteroatoms. The molecule has 3 aromatic rings. The van der Waals surface area contributed by atoms with E-state index in [1.165, 1.54) is 24.8 Å². The monoisotopic (exact) mass is 464 g/mol. The average molecular weight is 465 g/mol. The first-order valence-electron chi connectivity index (χ1n) is 11.1. The Labute approximate surface area is 195 Å². The summed E-state index contributed by atoms with van der Waals surface area (Å²) in [4.78, 5) is 12.8. The summed E-state index contributed by atoms with van der Waals surface area (Å²) in [6, 6.07) is 23.7. The maximum atomic E-state index is 13.3. The van der Waals surface area contributed by atoms with E-state index in [2.05, 4.69) is 17.4 Å². The van der Waals surface area contributed by atoms with Gasteiger partial charge >= 0.3 is 0 Å². The van der Waals surface area contributed by atoms with Crippen LogP contribution in [0, 0.1) is 5.92 Å². The Morgan fingerprint density at radius 1 is 0.970 bits per heavy atom. The zero-order chi connectivity index (χ0) is 23.3. The lowest BCUT2D eigenvalue weighted by molar-refractivity contribution is 0.102. The van der Waals surface area contributed by atoms with Crippen LogP contribution in [0.3, 0.4) is 0 Å². The van der Waals surface area contributed by atoms with Gasteiger partial charge in [-0.15, -0.1) is 0 Å². The van der Waals surface area contributed by atoms with Gasteiger partial charge in [0.2, 0.25) is 10.0 Å². The third kappa shape index (κ3) is 5.43. The van der Waals surface area contributed by atoms with Crippen LogP contribution in [-0.2, 0) is 16.4 Å². The Kier molecular flexibility index (Phi) is 7.11. The molecule has 172 valence electrons. The summed E-state index contributed by atoms with van der Waals surface area (Å²) >= 11 is 0. The minimum atomic E-state index is -3.68. The van der Waals surface area contributed by atoms with E-state index in [1.807, 2.05) is 24.3 Å². The van der Waals surface area contributed by atoms with Crippen LogP contribution in [0.5, 0.6) is 5.75 Å². The minimum Gasteiger partial charge on any atom is -0.495 e. The fraction of sp³-hybridized carbons (Fsp3) is 0.269. The molecule has 33 heavy (non-hydrogen) atoms. The highest BCUT2D eigenvalue weighted by Gasteiger charge is 2.30. The molecular weight excluding hydrogens is 436 g/mol. The van der Waals surface area contributed by atoms with Gasteiger partial charge in [-0.3, -0.25) is 4.79 Å². The molecule has 4 rings (SSSR count). The highest BCUT2D eigenvalue weighted by Crippen LogP contribution is 2.31. The molecule has 3 aromatic carbocycles. The lowest BCUT2D eigenvalue weighted by Crippen LogP contribution is -2.38. The van der Waals surface area contributed by atoms with Gasteiger partial charge in [0.05, 0.1) is 17.7 Å². The number of amides is 1. The summed E-state index contributed by atoms with van der Waals surface area (Å²) in [5, 5.41) is 2.78. The van der Waals surface area contributed by atoms with Crippen molar-refractivity contribution < 1.29 is 17.9 Å². The molecule has 0 aliphatic carbocycles. The molecule has 0 aromatic heterocycles. The van der Waals surface area contributed by atoms with Gasteiger partial charge < -0.3 is 10.1 Å². The SMILES string of the molecule is COc1ccc(S(=O)(=O)N2CCC(Cc3ccccc3)CC2)cc1NC(=O)c1ccccc1. The van der Waals surface area contributed by atoms with Gasteiger partial charge in [0.1, 0.15) is 5.75 Å². The molecule has 1 aliphatic rings. The summed E-state index contributed by atoms with van der Waals surface area (Å²) in [6.07, 6.45) is 2.61. The number of piperidine rings is 1. The molecular formula is C26H28N2O4S. The lowest BCUT2D eigenvalue weighted by atomic mass is 9.91. The molecule has 1 fully saturated rings. The summed E-state index contributed by atoms with van der Waals surface area (Å²) < 4.78 is 33.5. The Balaban J connectivity index is 1.47. The Bertz CT molecular complexity index is 1190. The van der Waals surface area contributed by atoms with Crippen molar-refractivity contribution in [2.75, 3.05) is 25.5 Å². The van der Waals surface area contributed by atoms with E-state index in [0.717, 1.165) is 19.3 Å². The zero-order valence-electron chi connectivity index (χ0n) is 18.6. The quantitative estimate of drug-likeness (QED) is 0.555.